The average molecular weight is 477 g/mol. The number of fused-ring (bicyclic) bond motifs is 1. The molecule has 3 N–H and O–H groups in total. The number of alkyl halides is 1. The summed E-state index contributed by atoms with van der Waals surface area (Å²) in [5.41, 5.74) is 6.68. The summed E-state index contributed by atoms with van der Waals surface area (Å²) in [5.74, 6) is -0.367. The molecule has 31 heavy (non-hydrogen) atoms. The summed E-state index contributed by atoms with van der Waals surface area (Å²) in [6.45, 7) is 6.60. The third kappa shape index (κ3) is 4.84. The maximum absolute atomic E-state index is 13.1. The molecule has 0 aromatic carbocycles. The standard InChI is InChI=1S/C17H26ClN6O6P/c1-9(2)29-15(25)10(3)23-31(26,27-5)30-11-6-28-16(17(11,4)18)24-8-22-12-13(19)20-7-21-14(12)24/h7-11,16H,6H2,1-5H3,(H,23,26)(H2,19,20,21)/t10?,11-,16-,17-,31?/m1/s1. The zero-order valence-electron chi connectivity index (χ0n) is 17.8. The summed E-state index contributed by atoms with van der Waals surface area (Å²) in [6.07, 6.45) is 0.860. The van der Waals surface area contributed by atoms with Crippen molar-refractivity contribution < 1.29 is 27.9 Å². The third-order valence-corrected chi connectivity index (χ3v) is 6.87. The molecule has 3 heterocycles. The average Bonchev–Trinajstić information content (AvgIpc) is 3.23. The molecule has 5 atom stereocenters. The van der Waals surface area contributed by atoms with E-state index in [9.17, 15) is 9.36 Å². The summed E-state index contributed by atoms with van der Waals surface area (Å²) in [5, 5.41) is 2.57. The van der Waals surface area contributed by atoms with Crippen LogP contribution in [0.25, 0.3) is 11.2 Å². The van der Waals surface area contributed by atoms with Crippen LogP contribution in [0.15, 0.2) is 12.7 Å². The molecule has 0 aliphatic carbocycles. The number of rotatable bonds is 8. The molecule has 3 rings (SSSR count). The van der Waals surface area contributed by atoms with Crippen LogP contribution in [0.1, 0.15) is 33.9 Å². The molecule has 2 aromatic heterocycles. The first kappa shape index (κ1) is 23.8. The number of anilines is 1. The van der Waals surface area contributed by atoms with Crippen molar-refractivity contribution in [3.63, 3.8) is 0 Å². The molecular weight excluding hydrogens is 451 g/mol. The highest BCUT2D eigenvalue weighted by Gasteiger charge is 2.52. The van der Waals surface area contributed by atoms with Gasteiger partial charge in [-0.25, -0.2) is 24.6 Å². The topological polar surface area (TPSA) is 153 Å². The van der Waals surface area contributed by atoms with Crippen LogP contribution in [-0.4, -0.2) is 62.3 Å². The molecule has 0 spiro atoms. The summed E-state index contributed by atoms with van der Waals surface area (Å²) >= 11 is 6.79. The Morgan fingerprint density at radius 1 is 1.42 bits per heavy atom. The smallest absolute Gasteiger partial charge is 0.406 e. The lowest BCUT2D eigenvalue weighted by molar-refractivity contribution is -0.149. The van der Waals surface area contributed by atoms with Crippen molar-refractivity contribution in [3.05, 3.63) is 12.7 Å². The van der Waals surface area contributed by atoms with Crippen molar-refractivity contribution in [2.75, 3.05) is 19.5 Å². The van der Waals surface area contributed by atoms with E-state index in [-0.39, 0.29) is 18.5 Å². The van der Waals surface area contributed by atoms with Crippen molar-refractivity contribution in [2.24, 2.45) is 0 Å². The van der Waals surface area contributed by atoms with Crippen LogP contribution in [0.2, 0.25) is 0 Å². The molecular formula is C17H26ClN6O6P. The Labute approximate surface area is 184 Å². The van der Waals surface area contributed by atoms with Gasteiger partial charge in [-0.1, -0.05) is 0 Å². The van der Waals surface area contributed by atoms with Crippen LogP contribution in [0.3, 0.4) is 0 Å². The fourth-order valence-electron chi connectivity index (χ4n) is 3.11. The number of nitrogens with zero attached hydrogens (tertiary/aromatic N) is 4. The van der Waals surface area contributed by atoms with Gasteiger partial charge in [0.15, 0.2) is 17.7 Å². The molecule has 1 aliphatic rings. The second kappa shape index (κ2) is 8.97. The first-order valence-electron chi connectivity index (χ1n) is 9.54. The molecule has 172 valence electrons. The predicted octanol–water partition coefficient (Wildman–Crippen LogP) is 2.00. The van der Waals surface area contributed by atoms with Gasteiger partial charge in [-0.2, -0.15) is 0 Å². The number of esters is 1. The maximum atomic E-state index is 13.1. The van der Waals surface area contributed by atoms with Crippen LogP contribution in [-0.2, 0) is 27.9 Å². The van der Waals surface area contributed by atoms with Gasteiger partial charge in [0.25, 0.3) is 0 Å². The van der Waals surface area contributed by atoms with Gasteiger partial charge in [-0.05, 0) is 27.7 Å². The summed E-state index contributed by atoms with van der Waals surface area (Å²) in [4.78, 5) is 23.2. The number of hydrogen-bond donors (Lipinski definition) is 2. The van der Waals surface area contributed by atoms with Crippen molar-refractivity contribution >= 4 is 42.3 Å². The summed E-state index contributed by atoms with van der Waals surface area (Å²) in [6, 6.07) is -0.940. The Bertz CT molecular complexity index is 1000. The van der Waals surface area contributed by atoms with Gasteiger partial charge in [-0.15, -0.1) is 11.6 Å². The lowest BCUT2D eigenvalue weighted by Gasteiger charge is -2.31. The van der Waals surface area contributed by atoms with Gasteiger partial charge in [0.05, 0.1) is 19.0 Å². The SMILES string of the molecule is COP(=O)(NC(C)C(=O)OC(C)C)O[C@@H]1CO[C@@H](n2cnc3c(N)ncnc32)[C@]1(C)Cl. The van der Waals surface area contributed by atoms with E-state index in [0.29, 0.717) is 11.2 Å². The van der Waals surface area contributed by atoms with Crippen LogP contribution in [0.5, 0.6) is 0 Å². The Morgan fingerprint density at radius 2 is 2.13 bits per heavy atom. The number of nitrogens with one attached hydrogen (secondary N) is 1. The molecule has 14 heteroatoms. The zero-order valence-corrected chi connectivity index (χ0v) is 19.5. The number of halogens is 1. The summed E-state index contributed by atoms with van der Waals surface area (Å²) in [7, 11) is -2.72. The van der Waals surface area contributed by atoms with E-state index in [2.05, 4.69) is 20.0 Å². The minimum atomic E-state index is -3.93. The third-order valence-electron chi connectivity index (χ3n) is 4.72. The van der Waals surface area contributed by atoms with Gasteiger partial charge in [0.1, 0.15) is 28.9 Å². The van der Waals surface area contributed by atoms with Crippen molar-refractivity contribution in [1.29, 1.82) is 0 Å². The number of nitrogen functional groups attached to an aromatic ring is 1. The Kier molecular flexibility index (Phi) is 6.90. The highest BCUT2D eigenvalue weighted by Crippen LogP contribution is 2.51. The van der Waals surface area contributed by atoms with Crippen LogP contribution in [0.4, 0.5) is 5.82 Å². The van der Waals surface area contributed by atoms with E-state index in [1.165, 1.54) is 26.7 Å². The van der Waals surface area contributed by atoms with Gasteiger partial charge in [0, 0.05) is 7.11 Å². The summed E-state index contributed by atoms with van der Waals surface area (Å²) < 4.78 is 36.5. The minimum Gasteiger partial charge on any atom is -0.462 e. The number of imidazole rings is 1. The van der Waals surface area contributed by atoms with Crippen molar-refractivity contribution in [3.8, 4) is 0 Å². The normalized spacial score (nSPS) is 26.8. The highest BCUT2D eigenvalue weighted by atomic mass is 35.5. The molecule has 2 unspecified atom stereocenters. The van der Waals surface area contributed by atoms with Crippen molar-refractivity contribution in [2.45, 2.75) is 57.0 Å². The van der Waals surface area contributed by atoms with Crippen molar-refractivity contribution in [1.82, 2.24) is 24.6 Å². The Morgan fingerprint density at radius 3 is 2.77 bits per heavy atom. The van der Waals surface area contributed by atoms with Gasteiger partial charge in [0.2, 0.25) is 0 Å². The number of aromatic nitrogens is 4. The molecule has 0 bridgehead atoms. The minimum absolute atomic E-state index is 0.00472. The zero-order chi connectivity index (χ0) is 23.0. The predicted molar refractivity (Wildman–Crippen MR) is 112 cm³/mol. The van der Waals surface area contributed by atoms with Crippen LogP contribution < -0.4 is 10.8 Å². The fourth-order valence-corrected chi connectivity index (χ4v) is 4.89. The van der Waals surface area contributed by atoms with Crippen LogP contribution in [0, 0.1) is 0 Å². The number of ether oxygens (including phenoxy) is 2. The van der Waals surface area contributed by atoms with E-state index in [1.54, 1.807) is 25.3 Å². The molecule has 0 radical (unpaired) electrons. The number of nitrogens with two attached hydrogens (primary N) is 1. The molecule has 1 fully saturated rings. The molecule has 0 saturated carbocycles. The number of carbonyl (C=O) groups is 1. The van der Waals surface area contributed by atoms with E-state index in [0.717, 1.165) is 0 Å². The van der Waals surface area contributed by atoms with Crippen LogP contribution >= 0.6 is 19.3 Å². The molecule has 12 nitrogen and oxygen atoms in total. The highest BCUT2D eigenvalue weighted by molar-refractivity contribution is 7.51. The fraction of sp³-hybridized carbons (Fsp3) is 0.647. The monoisotopic (exact) mass is 476 g/mol. The largest absolute Gasteiger partial charge is 0.462 e. The maximum Gasteiger partial charge on any atom is 0.406 e. The van der Waals surface area contributed by atoms with Gasteiger partial charge >= 0.3 is 13.7 Å². The number of hydrogen-bond acceptors (Lipinski definition) is 10. The van der Waals surface area contributed by atoms with E-state index < -0.39 is 37.0 Å². The van der Waals surface area contributed by atoms with E-state index >= 15 is 0 Å². The quantitative estimate of drug-likeness (QED) is 0.326. The molecule has 2 aromatic rings. The van der Waals surface area contributed by atoms with E-state index in [1.807, 2.05) is 0 Å². The second-order valence-corrected chi connectivity index (χ2v) is 10.2. The van der Waals surface area contributed by atoms with Gasteiger partial charge in [-0.3, -0.25) is 13.9 Å². The van der Waals surface area contributed by atoms with E-state index in [4.69, 9.17) is 35.9 Å². The molecule has 1 saturated heterocycles. The number of carbonyl (C=O) groups excluding carboxylic acids is 1. The Hall–Kier alpha value is -1.82. The van der Waals surface area contributed by atoms with Gasteiger partial charge < -0.3 is 19.7 Å². The Balaban J connectivity index is 1.78. The second-order valence-electron chi connectivity index (χ2n) is 7.53. The lowest BCUT2D eigenvalue weighted by atomic mass is 10.1. The molecule has 1 aliphatic heterocycles. The lowest BCUT2D eigenvalue weighted by Crippen LogP contribution is -2.41. The first-order chi connectivity index (χ1) is 14.5. The molecule has 0 amide bonds. The first-order valence-corrected chi connectivity index (χ1v) is 11.5.